The summed E-state index contributed by atoms with van der Waals surface area (Å²) in [6, 6.07) is 11.8. The summed E-state index contributed by atoms with van der Waals surface area (Å²) in [5, 5.41) is 0. The first-order valence-corrected chi connectivity index (χ1v) is 10.9. The summed E-state index contributed by atoms with van der Waals surface area (Å²) >= 11 is 0. The second kappa shape index (κ2) is 8.92. The monoisotopic (exact) mass is 421 g/mol. The number of benzene rings is 2. The van der Waals surface area contributed by atoms with E-state index in [2.05, 4.69) is 6.92 Å². The number of carbonyl (C=O) groups excluding carboxylic acids is 3. The topological polar surface area (TPSA) is 72.9 Å². The van der Waals surface area contributed by atoms with Gasteiger partial charge in [-0.3, -0.25) is 14.4 Å². The molecule has 2 heterocycles. The highest BCUT2D eigenvalue weighted by atomic mass is 16.7. The van der Waals surface area contributed by atoms with Gasteiger partial charge in [-0.05, 0) is 31.0 Å². The van der Waals surface area contributed by atoms with E-state index in [0.29, 0.717) is 29.2 Å². The third-order valence-electron chi connectivity index (χ3n) is 6.01. The van der Waals surface area contributed by atoms with Crippen molar-refractivity contribution in [2.24, 2.45) is 5.92 Å². The molecule has 0 bridgehead atoms. The Morgan fingerprint density at radius 1 is 1.00 bits per heavy atom. The number of Topliss-reactive ketones (excluding diaryl/α,β-unsaturated/α-hetero) is 2. The maximum atomic E-state index is 13.4. The molecule has 2 aliphatic rings. The van der Waals surface area contributed by atoms with E-state index in [0.717, 1.165) is 31.2 Å². The molecule has 2 unspecified atom stereocenters. The number of unbranched alkanes of at least 4 members (excludes halogenated alkanes) is 3. The fourth-order valence-corrected chi connectivity index (χ4v) is 4.30. The zero-order chi connectivity index (χ0) is 22.0. The van der Waals surface area contributed by atoms with Crippen LogP contribution >= 0.6 is 0 Å². The highest BCUT2D eigenvalue weighted by Gasteiger charge is 2.51. The molecule has 0 saturated carbocycles. The molecule has 4 rings (SSSR count). The second-order valence-corrected chi connectivity index (χ2v) is 8.19. The molecule has 2 aromatic carbocycles. The zero-order valence-electron chi connectivity index (χ0n) is 17.9. The van der Waals surface area contributed by atoms with E-state index in [1.807, 2.05) is 25.1 Å². The standard InChI is InChI=1S/C25H27NO5/c1-3-4-5-6-13-26-22(18-11-12-19-20(14-18)31-15-30-19)21(24(28)25(26)29)23(27)17-9-7-16(2)8-10-17/h7-12,14,21-22H,3-6,13,15H2,1-2H3. The van der Waals surface area contributed by atoms with Crippen LogP contribution in [0.3, 0.4) is 0 Å². The molecule has 0 N–H and O–H groups in total. The predicted molar refractivity (Wildman–Crippen MR) is 115 cm³/mol. The van der Waals surface area contributed by atoms with Gasteiger partial charge in [-0.1, -0.05) is 62.1 Å². The lowest BCUT2D eigenvalue weighted by molar-refractivity contribution is -0.140. The lowest BCUT2D eigenvalue weighted by Gasteiger charge is -2.27. The third kappa shape index (κ3) is 4.07. The molecule has 0 aliphatic carbocycles. The molecule has 1 fully saturated rings. The number of amides is 1. The molecule has 162 valence electrons. The summed E-state index contributed by atoms with van der Waals surface area (Å²) in [4.78, 5) is 41.0. The van der Waals surface area contributed by atoms with Gasteiger partial charge in [-0.25, -0.2) is 0 Å². The molecule has 31 heavy (non-hydrogen) atoms. The van der Waals surface area contributed by atoms with Crippen LogP contribution in [0.1, 0.15) is 60.1 Å². The van der Waals surface area contributed by atoms with Crippen LogP contribution in [-0.4, -0.2) is 35.7 Å². The van der Waals surface area contributed by atoms with Crippen LogP contribution in [0.25, 0.3) is 0 Å². The number of likely N-dealkylation sites (tertiary alicyclic amines) is 1. The molecule has 0 radical (unpaired) electrons. The van der Waals surface area contributed by atoms with Crippen molar-refractivity contribution in [2.45, 2.75) is 45.6 Å². The first-order chi connectivity index (χ1) is 15.0. The predicted octanol–water partition coefficient (Wildman–Crippen LogP) is 4.26. The van der Waals surface area contributed by atoms with Gasteiger partial charge in [0, 0.05) is 12.1 Å². The minimum absolute atomic E-state index is 0.133. The van der Waals surface area contributed by atoms with Crippen molar-refractivity contribution < 1.29 is 23.9 Å². The van der Waals surface area contributed by atoms with E-state index in [-0.39, 0.29) is 12.6 Å². The normalized spacial score (nSPS) is 19.9. The number of nitrogens with zero attached hydrogens (tertiary/aromatic N) is 1. The minimum Gasteiger partial charge on any atom is -0.454 e. The Morgan fingerprint density at radius 3 is 2.48 bits per heavy atom. The van der Waals surface area contributed by atoms with E-state index < -0.39 is 23.7 Å². The molecule has 6 nitrogen and oxygen atoms in total. The van der Waals surface area contributed by atoms with Crippen molar-refractivity contribution in [1.82, 2.24) is 4.90 Å². The molecule has 0 spiro atoms. The second-order valence-electron chi connectivity index (χ2n) is 8.19. The van der Waals surface area contributed by atoms with Crippen LogP contribution in [0.5, 0.6) is 11.5 Å². The number of fused-ring (bicyclic) bond motifs is 1. The Balaban J connectivity index is 1.70. The Morgan fingerprint density at radius 2 is 1.74 bits per heavy atom. The number of carbonyl (C=O) groups is 3. The van der Waals surface area contributed by atoms with Gasteiger partial charge < -0.3 is 14.4 Å². The number of hydrogen-bond acceptors (Lipinski definition) is 5. The van der Waals surface area contributed by atoms with Crippen LogP contribution in [0.15, 0.2) is 42.5 Å². The minimum atomic E-state index is -1.07. The number of rotatable bonds is 8. The number of ether oxygens (including phenoxy) is 2. The van der Waals surface area contributed by atoms with Gasteiger partial charge in [0.25, 0.3) is 5.91 Å². The van der Waals surface area contributed by atoms with Crippen LogP contribution < -0.4 is 9.47 Å². The summed E-state index contributed by atoms with van der Waals surface area (Å²) < 4.78 is 10.9. The zero-order valence-corrected chi connectivity index (χ0v) is 17.9. The molecular formula is C25H27NO5. The fourth-order valence-electron chi connectivity index (χ4n) is 4.30. The van der Waals surface area contributed by atoms with Crippen LogP contribution in [0.4, 0.5) is 0 Å². The van der Waals surface area contributed by atoms with E-state index in [1.54, 1.807) is 29.2 Å². The summed E-state index contributed by atoms with van der Waals surface area (Å²) in [5.74, 6) is -1.42. The molecule has 2 aliphatic heterocycles. The Labute approximate surface area is 182 Å². The molecule has 1 saturated heterocycles. The van der Waals surface area contributed by atoms with Crippen molar-refractivity contribution in [1.29, 1.82) is 0 Å². The molecule has 1 amide bonds. The number of ketones is 2. The summed E-state index contributed by atoms with van der Waals surface area (Å²) in [6.45, 7) is 4.64. The van der Waals surface area contributed by atoms with E-state index >= 15 is 0 Å². The van der Waals surface area contributed by atoms with Gasteiger partial charge >= 0.3 is 0 Å². The van der Waals surface area contributed by atoms with Crippen molar-refractivity contribution in [2.75, 3.05) is 13.3 Å². The van der Waals surface area contributed by atoms with Crippen LogP contribution in [0.2, 0.25) is 0 Å². The smallest absolute Gasteiger partial charge is 0.291 e. The average Bonchev–Trinajstić information content (AvgIpc) is 3.34. The van der Waals surface area contributed by atoms with Gasteiger partial charge in [-0.15, -0.1) is 0 Å². The van der Waals surface area contributed by atoms with Crippen LogP contribution in [-0.2, 0) is 9.59 Å². The van der Waals surface area contributed by atoms with Crippen molar-refractivity contribution in [3.63, 3.8) is 0 Å². The van der Waals surface area contributed by atoms with E-state index in [9.17, 15) is 14.4 Å². The van der Waals surface area contributed by atoms with Gasteiger partial charge in [0.15, 0.2) is 17.3 Å². The summed E-state index contributed by atoms with van der Waals surface area (Å²) in [5.41, 5.74) is 2.18. The van der Waals surface area contributed by atoms with Gasteiger partial charge in [0.2, 0.25) is 12.6 Å². The first kappa shape index (κ1) is 21.1. The van der Waals surface area contributed by atoms with Gasteiger partial charge in [-0.2, -0.15) is 0 Å². The van der Waals surface area contributed by atoms with E-state index in [4.69, 9.17) is 9.47 Å². The molecule has 2 aromatic rings. The Hall–Kier alpha value is -3.15. The third-order valence-corrected chi connectivity index (χ3v) is 6.01. The van der Waals surface area contributed by atoms with E-state index in [1.165, 1.54) is 0 Å². The van der Waals surface area contributed by atoms with Gasteiger partial charge in [0.1, 0.15) is 5.92 Å². The Bertz CT molecular complexity index is 997. The van der Waals surface area contributed by atoms with Crippen molar-refractivity contribution in [3.05, 3.63) is 59.2 Å². The molecular weight excluding hydrogens is 394 g/mol. The maximum Gasteiger partial charge on any atom is 0.291 e. The van der Waals surface area contributed by atoms with Gasteiger partial charge in [0.05, 0.1) is 6.04 Å². The van der Waals surface area contributed by atoms with Crippen molar-refractivity contribution in [3.8, 4) is 11.5 Å². The molecule has 0 aromatic heterocycles. The Kier molecular flexibility index (Phi) is 6.07. The molecule has 2 atom stereocenters. The number of aryl methyl sites for hydroxylation is 1. The maximum absolute atomic E-state index is 13.4. The number of hydrogen-bond donors (Lipinski definition) is 0. The SMILES string of the molecule is CCCCCCN1C(=O)C(=O)C(C(=O)c2ccc(C)cc2)C1c1ccc2c(c1)OCO2. The quantitative estimate of drug-likeness (QED) is 0.276. The lowest BCUT2D eigenvalue weighted by atomic mass is 9.86. The first-order valence-electron chi connectivity index (χ1n) is 10.9. The summed E-state index contributed by atoms with van der Waals surface area (Å²) in [6.07, 6.45) is 3.90. The lowest BCUT2D eigenvalue weighted by Crippen LogP contribution is -2.31. The van der Waals surface area contributed by atoms with Crippen molar-refractivity contribution >= 4 is 17.5 Å². The fraction of sp³-hybridized carbons (Fsp3) is 0.400. The van der Waals surface area contributed by atoms with Crippen LogP contribution in [0, 0.1) is 12.8 Å². The highest BCUT2D eigenvalue weighted by Crippen LogP contribution is 2.42. The summed E-state index contributed by atoms with van der Waals surface area (Å²) in [7, 11) is 0. The average molecular weight is 421 g/mol. The highest BCUT2D eigenvalue weighted by molar-refractivity contribution is 6.44. The molecule has 6 heteroatoms. The largest absolute Gasteiger partial charge is 0.454 e.